The number of benzene rings is 2. The van der Waals surface area contributed by atoms with E-state index in [0.717, 1.165) is 27.0 Å². The van der Waals surface area contributed by atoms with E-state index in [0.29, 0.717) is 17.4 Å². The molecule has 0 amide bonds. The number of nitrogens with one attached hydrogen (secondary N) is 2. The molecule has 6 heterocycles. The zero-order chi connectivity index (χ0) is 56.8. The number of halogens is 3. The summed E-state index contributed by atoms with van der Waals surface area (Å²) >= 11 is 14.8. The number of hydrogen-bond acceptors (Lipinski definition) is 23. The van der Waals surface area contributed by atoms with Crippen LogP contribution in [0.5, 0.6) is 11.5 Å². The first-order chi connectivity index (χ1) is 35.9. The van der Waals surface area contributed by atoms with Gasteiger partial charge in [0, 0.05) is 15.4 Å². The van der Waals surface area contributed by atoms with Gasteiger partial charge in [-0.2, -0.15) is 13.6 Å². The second kappa shape index (κ2) is 25.9. The van der Waals surface area contributed by atoms with E-state index in [1.54, 1.807) is 24.3 Å². The van der Waals surface area contributed by atoms with E-state index in [1.165, 1.54) is 15.5 Å². The average Bonchev–Trinajstić information content (AvgIpc) is 4.08. The maximum Gasteiger partial charge on any atom is 0.481 e. The van der Waals surface area contributed by atoms with Gasteiger partial charge in [-0.15, -0.1) is 0 Å². The molecule has 2 fully saturated rings. The number of aromatic amines is 2. The fourth-order valence-corrected chi connectivity index (χ4v) is 10.6. The number of nitrogens with zero attached hydrogens (tertiary/aromatic N) is 6. The highest BCUT2D eigenvalue weighted by Gasteiger charge is 2.49. The molecular weight excluding hydrogens is 1230 g/mol. The number of aliphatic hydroxyl groups is 4. The monoisotopic (exact) mass is 1280 g/mol. The third kappa shape index (κ3) is 17.1. The van der Waals surface area contributed by atoms with Gasteiger partial charge in [0.15, 0.2) is 23.7 Å². The van der Waals surface area contributed by atoms with Crippen molar-refractivity contribution in [3.63, 3.8) is 0 Å². The van der Waals surface area contributed by atoms with E-state index in [9.17, 15) is 58.1 Å². The first-order valence-corrected chi connectivity index (χ1v) is 29.2. The molecule has 2 aromatic carbocycles. The number of alkyl halides is 1. The molecule has 424 valence electrons. The van der Waals surface area contributed by atoms with Crippen molar-refractivity contribution in [3.05, 3.63) is 91.9 Å². The molecule has 10 atom stereocenters. The van der Waals surface area contributed by atoms with Gasteiger partial charge in [-0.3, -0.25) is 37.7 Å². The number of nitrogens with two attached hydrogens (primary N) is 2. The van der Waals surface area contributed by atoms with Crippen LogP contribution in [-0.2, 0) is 51.9 Å². The lowest BCUT2D eigenvalue weighted by Crippen LogP contribution is -2.46. The van der Waals surface area contributed by atoms with Crippen LogP contribution < -0.4 is 36.6 Å². The van der Waals surface area contributed by atoms with Crippen molar-refractivity contribution in [1.29, 1.82) is 0 Å². The van der Waals surface area contributed by atoms with Crippen LogP contribution in [0.1, 0.15) is 12.5 Å². The predicted molar refractivity (Wildman–Crippen MR) is 265 cm³/mol. The second-order valence-corrected chi connectivity index (χ2v) is 23.0. The number of rotatable bonds is 19. The Morgan fingerprint density at radius 2 is 1.19 bits per heavy atom. The van der Waals surface area contributed by atoms with Crippen LogP contribution in [0.4, 0.5) is 11.9 Å². The molecule has 34 nitrogen and oxygen atoms in total. The fourth-order valence-electron chi connectivity index (χ4n) is 6.98. The van der Waals surface area contributed by atoms with Crippen LogP contribution in [-0.4, -0.2) is 152 Å². The fraction of sp³-hybridized carbons (Fsp3) is 0.389. The second-order valence-electron chi connectivity index (χ2n) is 15.7. The third-order valence-corrected chi connectivity index (χ3v) is 15.3. The molecule has 2 saturated heterocycles. The Balaban J connectivity index is 0.000000214. The number of phosphoric acid groups is 4. The lowest BCUT2D eigenvalue weighted by atomic mass is 10.1. The van der Waals surface area contributed by atoms with Gasteiger partial charge in [0.1, 0.15) is 61.3 Å². The number of imidazole rings is 2. The zero-order valence-corrected chi connectivity index (χ0v) is 45.3. The minimum absolute atomic E-state index is 0.0202. The Morgan fingerprint density at radius 1 is 0.701 bits per heavy atom. The van der Waals surface area contributed by atoms with Gasteiger partial charge < -0.3 is 80.2 Å². The molecule has 2 unspecified atom stereocenters. The van der Waals surface area contributed by atoms with Crippen molar-refractivity contribution in [1.82, 2.24) is 34.1 Å². The van der Waals surface area contributed by atoms with Crippen molar-refractivity contribution < 1.29 is 109 Å². The zero-order valence-electron chi connectivity index (χ0n) is 38.6. The summed E-state index contributed by atoms with van der Waals surface area (Å²) in [4.78, 5) is 94.1. The minimum atomic E-state index is -5.37. The molecule has 41 heteroatoms. The number of hydrogen-bond donors (Lipinski definition) is 14. The SMILES string of the molecule is Clc1ccc(OCCBr)cc1.Nc1nc2c(c(=O)[nH]1)n(CCOc1ccc(Cl)cc1)c[n+]2[C@@H]1O[C@H](COP(=O)(O)OP(=O)(O)O)[C@@H](O)[C@H]1O.Nc1nc2c(ncn2[C@@H]2O[C@H](COP(=O)(O)OP(=O)(O)O)[C@@H](O)[C@H]2O)c(=O)[nH]1. The molecule has 0 radical (unpaired) electrons. The van der Waals surface area contributed by atoms with Gasteiger partial charge in [0.25, 0.3) is 17.1 Å². The Kier molecular flexibility index (Phi) is 20.8. The number of phosphoric ester groups is 2. The molecule has 2 aliphatic heterocycles. The molecule has 0 saturated carbocycles. The standard InChI is InChI=1S/C18H22ClN5O12P2.C10H15N5O11P2.C8H8BrClO/c19-9-1-3-10(4-2-9)33-6-5-23-8-24(15-12(23)16(27)22-18(20)21-15)17-14(26)13(25)11(35-17)7-34-38(31,32)36-37(28,29)30;11-10-13-7-4(8(18)14-10)12-2-15(7)9-6(17)5(16)3(25-9)1-24-28(22,23)26-27(19,20)21;9-5-6-11-8-3-1-7(10)2-4-8/h1-4,8,11,13-14,17,25-26H,5-7H2,(H5-,20,21,22,27,28,29,30,31,32);2-3,5-6,9,16-17H,1H2,(H,22,23)(H2,19,20,21)(H3,11,13,14,18);1-4H,5-6H2/p+1/t11-,13-,14-,17-;3-,5-,6-,9-;/m11./s1. The summed E-state index contributed by atoms with van der Waals surface area (Å²) < 4.78 is 86.6. The van der Waals surface area contributed by atoms with Crippen LogP contribution in [0.2, 0.25) is 10.0 Å². The minimum Gasteiger partial charge on any atom is -0.493 e. The quantitative estimate of drug-likeness (QED) is 0.0284. The Hall–Kier alpha value is -4.32. The smallest absolute Gasteiger partial charge is 0.481 e. The van der Waals surface area contributed by atoms with Crippen molar-refractivity contribution in [2.45, 2.75) is 55.6 Å². The van der Waals surface area contributed by atoms with Gasteiger partial charge >= 0.3 is 36.9 Å². The summed E-state index contributed by atoms with van der Waals surface area (Å²) in [6.45, 7) is -0.848. The van der Waals surface area contributed by atoms with Gasteiger partial charge in [-0.05, 0) is 48.5 Å². The molecule has 0 bridgehead atoms. The molecule has 2 aliphatic rings. The summed E-state index contributed by atoms with van der Waals surface area (Å²) in [5, 5.41) is 43.4. The number of fused-ring (bicyclic) bond motifs is 2. The average molecular weight is 1280 g/mol. The number of aromatic nitrogens is 8. The number of aliphatic hydroxyl groups excluding tert-OH is 4. The summed E-state index contributed by atoms with van der Waals surface area (Å²) in [5.41, 5.74) is 9.75. The summed E-state index contributed by atoms with van der Waals surface area (Å²) in [6, 6.07) is 13.9. The molecule has 4 aromatic heterocycles. The molecule has 0 aliphatic carbocycles. The van der Waals surface area contributed by atoms with Crippen molar-refractivity contribution >= 4 is 105 Å². The lowest BCUT2D eigenvalue weighted by Gasteiger charge is -2.17. The highest BCUT2D eigenvalue weighted by atomic mass is 79.9. The highest BCUT2D eigenvalue weighted by Crippen LogP contribution is 2.58. The van der Waals surface area contributed by atoms with Crippen molar-refractivity contribution in [2.75, 3.05) is 43.2 Å². The maximum atomic E-state index is 12.7. The summed E-state index contributed by atoms with van der Waals surface area (Å²) in [5.74, 6) is 0.909. The normalized spacial score (nSPS) is 23.1. The molecule has 16 N–H and O–H groups in total. The van der Waals surface area contributed by atoms with E-state index in [1.807, 2.05) is 24.3 Å². The number of H-pyrrole nitrogens is 2. The van der Waals surface area contributed by atoms with E-state index < -0.39 is 105 Å². The van der Waals surface area contributed by atoms with Gasteiger partial charge in [-0.25, -0.2) is 27.8 Å². The van der Waals surface area contributed by atoms with E-state index in [2.05, 4.69) is 58.5 Å². The number of ether oxygens (including phenoxy) is 4. The predicted octanol–water partition coefficient (Wildman–Crippen LogP) is -0.167. The topological polar surface area (TPSA) is 515 Å². The summed E-state index contributed by atoms with van der Waals surface area (Å²) in [7, 11) is -21.1. The molecule has 6 aromatic rings. The van der Waals surface area contributed by atoms with Gasteiger partial charge in [0.05, 0.1) is 26.1 Å². The van der Waals surface area contributed by atoms with Gasteiger partial charge in [-0.1, -0.05) is 44.1 Å². The van der Waals surface area contributed by atoms with E-state index in [-0.39, 0.29) is 47.4 Å². The van der Waals surface area contributed by atoms with Crippen LogP contribution in [0.3, 0.4) is 0 Å². The first kappa shape index (κ1) is 61.9. The largest absolute Gasteiger partial charge is 0.493 e. The van der Waals surface area contributed by atoms with E-state index in [4.69, 9.17) is 73.2 Å². The molecular formula is C36H46BrCl2N10O24P4+. The summed E-state index contributed by atoms with van der Waals surface area (Å²) in [6.07, 6.45) is -9.68. The van der Waals surface area contributed by atoms with Crippen molar-refractivity contribution in [2.24, 2.45) is 0 Å². The van der Waals surface area contributed by atoms with Crippen molar-refractivity contribution in [3.8, 4) is 11.5 Å². The number of nitrogen functional groups attached to an aromatic ring is 2. The highest BCUT2D eigenvalue weighted by molar-refractivity contribution is 9.09. The first-order valence-electron chi connectivity index (χ1n) is 21.3. The number of anilines is 2. The van der Waals surface area contributed by atoms with Crippen LogP contribution >= 0.6 is 70.4 Å². The Bertz CT molecular complexity index is 3310. The molecule has 0 spiro atoms. The third-order valence-electron chi connectivity index (χ3n) is 10.2. The lowest BCUT2D eigenvalue weighted by molar-refractivity contribution is -0.746. The van der Waals surface area contributed by atoms with Crippen LogP contribution in [0, 0.1) is 0 Å². The van der Waals surface area contributed by atoms with E-state index >= 15 is 0 Å². The van der Waals surface area contributed by atoms with Gasteiger partial charge in [0.2, 0.25) is 17.7 Å². The Morgan fingerprint density at radius 3 is 1.73 bits per heavy atom. The maximum absolute atomic E-state index is 12.7. The van der Waals surface area contributed by atoms with Crippen LogP contribution in [0.15, 0.2) is 70.8 Å². The molecule has 8 rings (SSSR count). The molecule has 77 heavy (non-hydrogen) atoms. The van der Waals surface area contributed by atoms with Crippen LogP contribution in [0.25, 0.3) is 22.3 Å². The Labute approximate surface area is 448 Å².